The summed E-state index contributed by atoms with van der Waals surface area (Å²) in [5, 5.41) is 7.74. The van der Waals surface area contributed by atoms with Gasteiger partial charge in [-0.05, 0) is 26.3 Å². The standard InChI is InChI=1S/C13H25N3/c1-6-11(7-2)8-13(14-4)12-9-15-16(5)10(12)3/h9,11,13-14H,6-8H2,1-5H3. The first-order chi connectivity index (χ1) is 7.63. The maximum Gasteiger partial charge on any atom is 0.0540 e. The predicted molar refractivity (Wildman–Crippen MR) is 68.4 cm³/mol. The van der Waals surface area contributed by atoms with E-state index in [2.05, 4.69) is 31.2 Å². The minimum atomic E-state index is 0.443. The van der Waals surface area contributed by atoms with E-state index < -0.39 is 0 Å². The highest BCUT2D eigenvalue weighted by molar-refractivity contribution is 5.20. The molecule has 1 heterocycles. The van der Waals surface area contributed by atoms with Gasteiger partial charge in [0.1, 0.15) is 0 Å². The van der Waals surface area contributed by atoms with Gasteiger partial charge in [0.2, 0.25) is 0 Å². The summed E-state index contributed by atoms with van der Waals surface area (Å²) >= 11 is 0. The predicted octanol–water partition coefficient (Wildman–Crippen LogP) is 2.82. The van der Waals surface area contributed by atoms with Crippen molar-refractivity contribution in [3.63, 3.8) is 0 Å². The first-order valence-corrected chi connectivity index (χ1v) is 6.29. The van der Waals surface area contributed by atoms with Gasteiger partial charge in [-0.2, -0.15) is 5.10 Å². The Bertz CT molecular complexity index is 313. The van der Waals surface area contributed by atoms with E-state index in [1.54, 1.807) is 0 Å². The van der Waals surface area contributed by atoms with E-state index >= 15 is 0 Å². The van der Waals surface area contributed by atoms with Crippen molar-refractivity contribution < 1.29 is 0 Å². The van der Waals surface area contributed by atoms with E-state index in [0.717, 1.165) is 5.92 Å². The lowest BCUT2D eigenvalue weighted by atomic mass is 9.91. The highest BCUT2D eigenvalue weighted by Gasteiger charge is 2.18. The Hall–Kier alpha value is -0.830. The summed E-state index contributed by atoms with van der Waals surface area (Å²) in [5.74, 6) is 0.803. The second kappa shape index (κ2) is 6.04. The lowest BCUT2D eigenvalue weighted by Gasteiger charge is -2.21. The molecular weight excluding hydrogens is 198 g/mol. The van der Waals surface area contributed by atoms with Crippen molar-refractivity contribution in [3.8, 4) is 0 Å². The average Bonchev–Trinajstić information content (AvgIpc) is 2.62. The smallest absolute Gasteiger partial charge is 0.0540 e. The highest BCUT2D eigenvalue weighted by atomic mass is 15.3. The van der Waals surface area contributed by atoms with Crippen LogP contribution in [0.25, 0.3) is 0 Å². The minimum Gasteiger partial charge on any atom is -0.313 e. The van der Waals surface area contributed by atoms with Crippen LogP contribution >= 0.6 is 0 Å². The van der Waals surface area contributed by atoms with Crippen molar-refractivity contribution in [2.75, 3.05) is 7.05 Å². The van der Waals surface area contributed by atoms with Crippen LogP contribution in [-0.4, -0.2) is 16.8 Å². The zero-order chi connectivity index (χ0) is 12.1. The Labute approximate surface area is 99.2 Å². The van der Waals surface area contributed by atoms with Crippen LogP contribution in [0, 0.1) is 12.8 Å². The van der Waals surface area contributed by atoms with Crippen molar-refractivity contribution >= 4 is 0 Å². The Kier molecular flexibility index (Phi) is 5.00. The number of hydrogen-bond acceptors (Lipinski definition) is 2. The highest BCUT2D eigenvalue weighted by Crippen LogP contribution is 2.26. The minimum absolute atomic E-state index is 0.443. The van der Waals surface area contributed by atoms with Crippen molar-refractivity contribution in [2.24, 2.45) is 13.0 Å². The third-order valence-electron chi connectivity index (χ3n) is 3.72. The van der Waals surface area contributed by atoms with E-state index in [-0.39, 0.29) is 0 Å². The number of rotatable bonds is 6. The summed E-state index contributed by atoms with van der Waals surface area (Å²) in [6, 6.07) is 0.443. The SMILES string of the molecule is CCC(CC)CC(NC)c1cnn(C)c1C. The molecule has 0 spiro atoms. The van der Waals surface area contributed by atoms with Gasteiger partial charge < -0.3 is 5.32 Å². The number of nitrogens with zero attached hydrogens (tertiary/aromatic N) is 2. The molecular formula is C13H25N3. The molecule has 1 atom stereocenters. The first-order valence-electron chi connectivity index (χ1n) is 6.29. The molecule has 3 nitrogen and oxygen atoms in total. The molecule has 0 aliphatic rings. The third-order valence-corrected chi connectivity index (χ3v) is 3.72. The molecule has 3 heteroatoms. The molecule has 1 unspecified atom stereocenters. The van der Waals surface area contributed by atoms with Gasteiger partial charge in [-0.1, -0.05) is 26.7 Å². The average molecular weight is 223 g/mol. The lowest BCUT2D eigenvalue weighted by molar-refractivity contribution is 0.384. The fourth-order valence-electron chi connectivity index (χ4n) is 2.21. The fourth-order valence-corrected chi connectivity index (χ4v) is 2.21. The zero-order valence-electron chi connectivity index (χ0n) is 11.2. The first kappa shape index (κ1) is 13.2. The van der Waals surface area contributed by atoms with Crippen molar-refractivity contribution in [1.29, 1.82) is 0 Å². The monoisotopic (exact) mass is 223 g/mol. The summed E-state index contributed by atoms with van der Waals surface area (Å²) in [7, 11) is 4.04. The summed E-state index contributed by atoms with van der Waals surface area (Å²) in [6.45, 7) is 6.69. The van der Waals surface area contributed by atoms with Crippen LogP contribution in [0.15, 0.2) is 6.20 Å². The summed E-state index contributed by atoms with van der Waals surface area (Å²) in [6.07, 6.45) is 5.72. The van der Waals surface area contributed by atoms with Gasteiger partial charge in [0.05, 0.1) is 6.20 Å². The number of hydrogen-bond donors (Lipinski definition) is 1. The molecule has 0 aliphatic carbocycles. The fraction of sp³-hybridized carbons (Fsp3) is 0.769. The van der Waals surface area contributed by atoms with E-state index in [9.17, 15) is 0 Å². The summed E-state index contributed by atoms with van der Waals surface area (Å²) < 4.78 is 1.95. The Morgan fingerprint density at radius 1 is 1.38 bits per heavy atom. The van der Waals surface area contributed by atoms with Gasteiger partial charge in [-0.3, -0.25) is 4.68 Å². The van der Waals surface area contributed by atoms with Crippen LogP contribution in [0.3, 0.4) is 0 Å². The second-order valence-electron chi connectivity index (χ2n) is 4.57. The largest absolute Gasteiger partial charge is 0.313 e. The van der Waals surface area contributed by atoms with Crippen molar-refractivity contribution in [3.05, 3.63) is 17.5 Å². The molecule has 0 radical (unpaired) electrons. The summed E-state index contributed by atoms with van der Waals surface area (Å²) in [5.41, 5.74) is 2.61. The molecule has 1 aromatic rings. The molecule has 92 valence electrons. The van der Waals surface area contributed by atoms with Crippen LogP contribution in [0.4, 0.5) is 0 Å². The zero-order valence-corrected chi connectivity index (χ0v) is 11.2. The van der Waals surface area contributed by atoms with Crippen molar-refractivity contribution in [2.45, 2.75) is 46.1 Å². The van der Waals surface area contributed by atoms with Crippen LogP contribution in [0.2, 0.25) is 0 Å². The molecule has 0 saturated heterocycles. The topological polar surface area (TPSA) is 29.9 Å². The Morgan fingerprint density at radius 2 is 2.00 bits per heavy atom. The molecule has 0 fully saturated rings. The molecule has 0 bridgehead atoms. The molecule has 0 aromatic carbocycles. The van der Waals surface area contributed by atoms with Crippen LogP contribution in [0.5, 0.6) is 0 Å². The van der Waals surface area contributed by atoms with Gasteiger partial charge in [0, 0.05) is 24.3 Å². The van der Waals surface area contributed by atoms with E-state index in [1.165, 1.54) is 30.5 Å². The van der Waals surface area contributed by atoms with E-state index in [1.807, 2.05) is 25.0 Å². The molecule has 0 saturated carbocycles. The van der Waals surface area contributed by atoms with Gasteiger partial charge >= 0.3 is 0 Å². The molecule has 0 aliphatic heterocycles. The molecule has 1 N–H and O–H groups in total. The van der Waals surface area contributed by atoms with E-state index in [4.69, 9.17) is 0 Å². The Balaban J connectivity index is 2.78. The van der Waals surface area contributed by atoms with E-state index in [0.29, 0.717) is 6.04 Å². The van der Waals surface area contributed by atoms with Crippen LogP contribution in [-0.2, 0) is 7.05 Å². The molecule has 0 amide bonds. The third kappa shape index (κ3) is 2.85. The molecule has 1 rings (SSSR count). The second-order valence-corrected chi connectivity index (χ2v) is 4.57. The maximum absolute atomic E-state index is 4.32. The lowest BCUT2D eigenvalue weighted by Crippen LogP contribution is -2.20. The van der Waals surface area contributed by atoms with Crippen molar-refractivity contribution in [1.82, 2.24) is 15.1 Å². The van der Waals surface area contributed by atoms with Gasteiger partial charge in [0.15, 0.2) is 0 Å². The quantitative estimate of drug-likeness (QED) is 0.803. The number of aromatic nitrogens is 2. The van der Waals surface area contributed by atoms with Crippen LogP contribution < -0.4 is 5.32 Å². The Morgan fingerprint density at radius 3 is 2.38 bits per heavy atom. The van der Waals surface area contributed by atoms with Gasteiger partial charge in [-0.15, -0.1) is 0 Å². The summed E-state index contributed by atoms with van der Waals surface area (Å²) in [4.78, 5) is 0. The van der Waals surface area contributed by atoms with Gasteiger partial charge in [0.25, 0.3) is 0 Å². The van der Waals surface area contributed by atoms with Crippen LogP contribution in [0.1, 0.15) is 50.4 Å². The normalized spacial score (nSPS) is 13.4. The molecule has 16 heavy (non-hydrogen) atoms. The number of nitrogens with one attached hydrogen (secondary N) is 1. The maximum atomic E-state index is 4.32. The number of aryl methyl sites for hydroxylation is 1. The molecule has 1 aromatic heterocycles. The van der Waals surface area contributed by atoms with Gasteiger partial charge in [-0.25, -0.2) is 0 Å².